The van der Waals surface area contributed by atoms with Gasteiger partial charge in [0.25, 0.3) is 0 Å². The van der Waals surface area contributed by atoms with Gasteiger partial charge in [0.2, 0.25) is 0 Å². The molecule has 0 saturated heterocycles. The minimum absolute atomic E-state index is 0.268. The van der Waals surface area contributed by atoms with Gasteiger partial charge in [-0.2, -0.15) is 0 Å². The molecule has 2 nitrogen and oxygen atoms in total. The van der Waals surface area contributed by atoms with Crippen molar-refractivity contribution in [3.63, 3.8) is 0 Å². The van der Waals surface area contributed by atoms with E-state index in [1.54, 1.807) is 0 Å². The molecule has 0 radical (unpaired) electrons. The second kappa shape index (κ2) is 4.23. The van der Waals surface area contributed by atoms with Gasteiger partial charge in [-0.05, 0) is 37.8 Å². The summed E-state index contributed by atoms with van der Waals surface area (Å²) in [6, 6.07) is 0.268. The standard InChI is InChI=1S/C13H20N2/c1-3-13-10(2)5-4-8-15(13)12-7-6-11(14)9-12/h4-5,9,11H,3,6-8,14H2,1-2H3. The van der Waals surface area contributed by atoms with Gasteiger partial charge >= 0.3 is 0 Å². The van der Waals surface area contributed by atoms with E-state index in [4.69, 9.17) is 5.73 Å². The zero-order chi connectivity index (χ0) is 10.8. The zero-order valence-electron chi connectivity index (χ0n) is 9.66. The molecule has 0 saturated carbocycles. The highest BCUT2D eigenvalue weighted by molar-refractivity contribution is 5.32. The molecule has 0 aromatic heterocycles. The molecule has 0 amide bonds. The van der Waals surface area contributed by atoms with Gasteiger partial charge in [0.1, 0.15) is 0 Å². The summed E-state index contributed by atoms with van der Waals surface area (Å²) >= 11 is 0. The first-order valence-electron chi connectivity index (χ1n) is 5.82. The van der Waals surface area contributed by atoms with E-state index in [1.165, 1.54) is 17.0 Å². The van der Waals surface area contributed by atoms with Gasteiger partial charge in [0.05, 0.1) is 0 Å². The fourth-order valence-electron chi connectivity index (χ4n) is 2.47. The Labute approximate surface area is 92.1 Å². The van der Waals surface area contributed by atoms with Crippen LogP contribution in [0.1, 0.15) is 33.1 Å². The monoisotopic (exact) mass is 204 g/mol. The minimum atomic E-state index is 0.268. The highest BCUT2D eigenvalue weighted by Crippen LogP contribution is 2.29. The first-order valence-corrected chi connectivity index (χ1v) is 5.82. The van der Waals surface area contributed by atoms with Gasteiger partial charge < -0.3 is 10.6 Å². The summed E-state index contributed by atoms with van der Waals surface area (Å²) in [6.07, 6.45) is 10.0. The molecular weight excluding hydrogens is 184 g/mol. The predicted octanol–water partition coefficient (Wildman–Crippen LogP) is 2.55. The molecule has 15 heavy (non-hydrogen) atoms. The maximum absolute atomic E-state index is 5.92. The van der Waals surface area contributed by atoms with E-state index >= 15 is 0 Å². The molecule has 2 rings (SSSR count). The summed E-state index contributed by atoms with van der Waals surface area (Å²) in [4.78, 5) is 2.43. The van der Waals surface area contributed by atoms with Crippen molar-refractivity contribution in [2.75, 3.05) is 6.54 Å². The molecule has 1 atom stereocenters. The third kappa shape index (κ3) is 2.00. The Kier molecular flexibility index (Phi) is 2.96. The van der Waals surface area contributed by atoms with Crippen LogP contribution < -0.4 is 5.73 Å². The Bertz CT molecular complexity index is 336. The van der Waals surface area contributed by atoms with E-state index in [0.717, 1.165) is 25.8 Å². The maximum Gasteiger partial charge on any atom is 0.0408 e. The van der Waals surface area contributed by atoms with Crippen LogP contribution in [-0.2, 0) is 0 Å². The summed E-state index contributed by atoms with van der Waals surface area (Å²) < 4.78 is 0. The molecule has 0 fully saturated rings. The van der Waals surface area contributed by atoms with Crippen molar-refractivity contribution in [3.05, 3.63) is 35.2 Å². The first-order chi connectivity index (χ1) is 7.22. The van der Waals surface area contributed by atoms with Crippen LogP contribution in [0.3, 0.4) is 0 Å². The second-order valence-corrected chi connectivity index (χ2v) is 4.36. The lowest BCUT2D eigenvalue weighted by atomic mass is 10.1. The summed E-state index contributed by atoms with van der Waals surface area (Å²) in [7, 11) is 0. The van der Waals surface area contributed by atoms with Gasteiger partial charge in [-0.3, -0.25) is 0 Å². The Morgan fingerprint density at radius 1 is 1.53 bits per heavy atom. The van der Waals surface area contributed by atoms with Crippen LogP contribution in [0.5, 0.6) is 0 Å². The zero-order valence-corrected chi connectivity index (χ0v) is 9.66. The number of nitrogens with zero attached hydrogens (tertiary/aromatic N) is 1. The van der Waals surface area contributed by atoms with Crippen LogP contribution in [0.25, 0.3) is 0 Å². The minimum Gasteiger partial charge on any atom is -0.345 e. The van der Waals surface area contributed by atoms with Crippen molar-refractivity contribution in [1.29, 1.82) is 0 Å². The lowest BCUT2D eigenvalue weighted by Gasteiger charge is -2.31. The highest BCUT2D eigenvalue weighted by atomic mass is 15.2. The van der Waals surface area contributed by atoms with Crippen LogP contribution >= 0.6 is 0 Å². The Balaban J connectivity index is 2.23. The number of allylic oxidation sites excluding steroid dienone is 4. The van der Waals surface area contributed by atoms with Crippen molar-refractivity contribution in [2.45, 2.75) is 39.2 Å². The van der Waals surface area contributed by atoms with E-state index in [-0.39, 0.29) is 6.04 Å². The molecule has 0 aromatic rings. The van der Waals surface area contributed by atoms with Crippen molar-refractivity contribution in [2.24, 2.45) is 5.73 Å². The molecule has 2 N–H and O–H groups in total. The van der Waals surface area contributed by atoms with Crippen molar-refractivity contribution in [1.82, 2.24) is 4.90 Å². The van der Waals surface area contributed by atoms with Gasteiger partial charge in [0.15, 0.2) is 0 Å². The van der Waals surface area contributed by atoms with Gasteiger partial charge in [-0.25, -0.2) is 0 Å². The molecule has 2 heteroatoms. The highest BCUT2D eigenvalue weighted by Gasteiger charge is 2.21. The average Bonchev–Trinajstić information content (AvgIpc) is 2.64. The Morgan fingerprint density at radius 3 is 2.93 bits per heavy atom. The third-order valence-electron chi connectivity index (χ3n) is 3.26. The van der Waals surface area contributed by atoms with Gasteiger partial charge in [-0.15, -0.1) is 0 Å². The van der Waals surface area contributed by atoms with E-state index in [1.807, 2.05) is 0 Å². The fourth-order valence-corrected chi connectivity index (χ4v) is 2.47. The Hall–Kier alpha value is -1.02. The van der Waals surface area contributed by atoms with E-state index in [2.05, 4.69) is 37.0 Å². The number of rotatable bonds is 2. The van der Waals surface area contributed by atoms with Crippen molar-refractivity contribution < 1.29 is 0 Å². The molecule has 1 unspecified atom stereocenters. The normalized spacial score (nSPS) is 26.2. The molecule has 0 aromatic carbocycles. The lowest BCUT2D eigenvalue weighted by molar-refractivity contribution is 0.434. The third-order valence-corrected chi connectivity index (χ3v) is 3.26. The topological polar surface area (TPSA) is 29.3 Å². The molecule has 1 heterocycles. The van der Waals surface area contributed by atoms with Crippen LogP contribution in [0, 0.1) is 0 Å². The fraction of sp³-hybridized carbons (Fsp3) is 0.538. The van der Waals surface area contributed by atoms with Crippen molar-refractivity contribution >= 4 is 0 Å². The first kappa shape index (κ1) is 10.5. The quantitative estimate of drug-likeness (QED) is 0.749. The van der Waals surface area contributed by atoms with E-state index in [0.29, 0.717) is 0 Å². The molecule has 0 bridgehead atoms. The largest absolute Gasteiger partial charge is 0.345 e. The summed E-state index contributed by atoms with van der Waals surface area (Å²) in [5.74, 6) is 0. The van der Waals surface area contributed by atoms with Crippen molar-refractivity contribution in [3.8, 4) is 0 Å². The predicted molar refractivity (Wildman–Crippen MR) is 64.1 cm³/mol. The SMILES string of the molecule is CCC1=C(C)C=CCN1C1=CC(N)CC1. The molecule has 2 aliphatic rings. The molecule has 82 valence electrons. The number of hydrogen-bond donors (Lipinski definition) is 1. The van der Waals surface area contributed by atoms with Crippen LogP contribution in [-0.4, -0.2) is 17.5 Å². The van der Waals surface area contributed by atoms with E-state index < -0.39 is 0 Å². The summed E-state index contributed by atoms with van der Waals surface area (Å²) in [5, 5.41) is 0. The van der Waals surface area contributed by atoms with Gasteiger partial charge in [0, 0.05) is 24.0 Å². The maximum atomic E-state index is 5.92. The summed E-state index contributed by atoms with van der Waals surface area (Å²) in [5.41, 5.74) is 10.2. The molecular formula is C13H20N2. The second-order valence-electron chi connectivity index (χ2n) is 4.36. The van der Waals surface area contributed by atoms with Crippen LogP contribution in [0.15, 0.2) is 35.2 Å². The number of nitrogens with two attached hydrogens (primary N) is 1. The number of hydrogen-bond acceptors (Lipinski definition) is 2. The van der Waals surface area contributed by atoms with Crippen LogP contribution in [0.4, 0.5) is 0 Å². The van der Waals surface area contributed by atoms with Gasteiger partial charge in [-0.1, -0.05) is 19.1 Å². The average molecular weight is 204 g/mol. The lowest BCUT2D eigenvalue weighted by Crippen LogP contribution is -2.24. The molecule has 1 aliphatic carbocycles. The van der Waals surface area contributed by atoms with Crippen LogP contribution in [0.2, 0.25) is 0 Å². The summed E-state index contributed by atoms with van der Waals surface area (Å²) in [6.45, 7) is 5.43. The molecule has 0 spiro atoms. The Morgan fingerprint density at radius 2 is 2.33 bits per heavy atom. The van der Waals surface area contributed by atoms with E-state index in [9.17, 15) is 0 Å². The smallest absolute Gasteiger partial charge is 0.0408 e. The molecule has 1 aliphatic heterocycles.